The van der Waals surface area contributed by atoms with Crippen molar-refractivity contribution in [1.29, 1.82) is 0 Å². The number of hydrogen-bond donors (Lipinski definition) is 2. The minimum atomic E-state index is -0.628. The van der Waals surface area contributed by atoms with Gasteiger partial charge in [-0.15, -0.1) is 11.3 Å². The van der Waals surface area contributed by atoms with E-state index in [4.69, 9.17) is 0 Å². The van der Waals surface area contributed by atoms with Crippen molar-refractivity contribution in [3.05, 3.63) is 22.8 Å². The number of carbonyl (C=O) groups excluding carboxylic acids is 1. The van der Waals surface area contributed by atoms with Gasteiger partial charge in [-0.2, -0.15) is 5.10 Å². The topological polar surface area (TPSA) is 83.3 Å². The summed E-state index contributed by atoms with van der Waals surface area (Å²) in [7, 11) is 1.86. The Hall–Kier alpha value is -1.93. The van der Waals surface area contributed by atoms with Gasteiger partial charge < -0.3 is 15.3 Å². The van der Waals surface area contributed by atoms with Gasteiger partial charge in [-0.1, -0.05) is 0 Å². The second-order valence-electron chi connectivity index (χ2n) is 6.17. The third-order valence-electron chi connectivity index (χ3n) is 4.18. The van der Waals surface area contributed by atoms with Crippen molar-refractivity contribution in [3.8, 4) is 0 Å². The second kappa shape index (κ2) is 6.29. The van der Waals surface area contributed by atoms with Crippen LogP contribution in [0.15, 0.2) is 17.1 Å². The molecule has 2 N–H and O–H groups in total. The number of hydrogen-bond acceptors (Lipinski definition) is 6. The van der Waals surface area contributed by atoms with E-state index in [-0.39, 0.29) is 5.91 Å². The van der Waals surface area contributed by atoms with Gasteiger partial charge in [0.05, 0.1) is 17.3 Å². The average molecular weight is 335 g/mol. The number of nitrogens with one attached hydrogen (secondary N) is 1. The van der Waals surface area contributed by atoms with Crippen molar-refractivity contribution >= 4 is 28.7 Å². The fourth-order valence-electron chi connectivity index (χ4n) is 2.88. The average Bonchev–Trinajstić information content (AvgIpc) is 3.10. The number of aryl methyl sites for hydroxylation is 1. The zero-order valence-electron chi connectivity index (χ0n) is 13.3. The monoisotopic (exact) mass is 335 g/mol. The summed E-state index contributed by atoms with van der Waals surface area (Å²) in [6, 6.07) is 0. The minimum Gasteiger partial charge on any atom is -0.390 e. The largest absolute Gasteiger partial charge is 0.390 e. The van der Waals surface area contributed by atoms with Crippen molar-refractivity contribution in [2.45, 2.75) is 31.8 Å². The van der Waals surface area contributed by atoms with Crippen molar-refractivity contribution in [3.63, 3.8) is 0 Å². The van der Waals surface area contributed by atoms with E-state index in [0.29, 0.717) is 17.8 Å². The quantitative estimate of drug-likeness (QED) is 0.895. The van der Waals surface area contributed by atoms with Gasteiger partial charge in [-0.3, -0.25) is 9.48 Å². The van der Waals surface area contributed by atoms with Crippen molar-refractivity contribution < 1.29 is 9.90 Å². The van der Waals surface area contributed by atoms with Crippen molar-refractivity contribution in [2.75, 3.05) is 23.3 Å². The zero-order chi connectivity index (χ0) is 16.4. The predicted molar refractivity (Wildman–Crippen MR) is 90.0 cm³/mol. The second-order valence-corrected chi connectivity index (χ2v) is 6.89. The lowest BCUT2D eigenvalue weighted by Gasteiger charge is -2.25. The Kier molecular flexibility index (Phi) is 4.36. The van der Waals surface area contributed by atoms with E-state index in [1.54, 1.807) is 21.8 Å². The molecule has 1 amide bonds. The van der Waals surface area contributed by atoms with Crippen molar-refractivity contribution in [1.82, 2.24) is 14.8 Å². The number of aliphatic hydroxyl groups is 1. The van der Waals surface area contributed by atoms with Crippen LogP contribution in [0, 0.1) is 0 Å². The summed E-state index contributed by atoms with van der Waals surface area (Å²) in [6.45, 7) is 3.44. The van der Waals surface area contributed by atoms with Gasteiger partial charge in [0, 0.05) is 25.5 Å². The number of amides is 1. The third-order valence-corrected chi connectivity index (χ3v) is 4.77. The highest BCUT2D eigenvalue weighted by Crippen LogP contribution is 2.30. The zero-order valence-corrected chi connectivity index (χ0v) is 14.1. The number of aromatic nitrogens is 3. The Bertz CT molecular complexity index is 680. The Labute approximate surface area is 138 Å². The number of anilines is 2. The molecule has 2 aromatic heterocycles. The molecule has 1 atom stereocenters. The van der Waals surface area contributed by atoms with Crippen LogP contribution in [0.3, 0.4) is 0 Å². The van der Waals surface area contributed by atoms with Crippen LogP contribution in [0.25, 0.3) is 0 Å². The van der Waals surface area contributed by atoms with Gasteiger partial charge in [0.2, 0.25) is 0 Å². The molecular formula is C15H21N5O2S. The Morgan fingerprint density at radius 2 is 2.26 bits per heavy atom. The highest BCUT2D eigenvalue weighted by atomic mass is 32.1. The van der Waals surface area contributed by atoms with Crippen LogP contribution in [-0.2, 0) is 7.05 Å². The van der Waals surface area contributed by atoms with E-state index >= 15 is 0 Å². The Morgan fingerprint density at radius 3 is 3.00 bits per heavy atom. The molecular weight excluding hydrogens is 314 g/mol. The van der Waals surface area contributed by atoms with Crippen LogP contribution in [0.2, 0.25) is 0 Å². The molecule has 0 bridgehead atoms. The summed E-state index contributed by atoms with van der Waals surface area (Å²) in [6.07, 6.45) is 4.03. The van der Waals surface area contributed by atoms with Crippen LogP contribution in [0.5, 0.6) is 0 Å². The van der Waals surface area contributed by atoms with E-state index in [9.17, 15) is 9.90 Å². The van der Waals surface area contributed by atoms with E-state index < -0.39 is 5.60 Å². The Balaban J connectivity index is 1.80. The fraction of sp³-hybridized carbons (Fsp3) is 0.533. The summed E-state index contributed by atoms with van der Waals surface area (Å²) in [5, 5.41) is 19.1. The lowest BCUT2D eigenvalue weighted by molar-refractivity contribution is 0.0481. The molecule has 0 aromatic carbocycles. The molecule has 7 nitrogen and oxygen atoms in total. The molecule has 1 aliphatic heterocycles. The molecule has 1 aliphatic rings. The molecule has 3 rings (SSSR count). The van der Waals surface area contributed by atoms with Crippen LogP contribution in [-0.4, -0.2) is 44.5 Å². The van der Waals surface area contributed by atoms with Gasteiger partial charge >= 0.3 is 0 Å². The molecule has 8 heteroatoms. The summed E-state index contributed by atoms with van der Waals surface area (Å²) in [4.78, 5) is 18.4. The predicted octanol–water partition coefficient (Wildman–Crippen LogP) is 1.87. The van der Waals surface area contributed by atoms with E-state index in [1.807, 2.05) is 14.0 Å². The van der Waals surface area contributed by atoms with E-state index in [1.165, 1.54) is 11.3 Å². The molecule has 0 aliphatic carbocycles. The van der Waals surface area contributed by atoms with E-state index in [2.05, 4.69) is 20.3 Å². The molecule has 0 spiro atoms. The first-order valence-corrected chi connectivity index (χ1v) is 8.59. The molecule has 0 saturated carbocycles. The molecule has 1 fully saturated rings. The van der Waals surface area contributed by atoms with Gasteiger partial charge in [-0.25, -0.2) is 4.98 Å². The maximum atomic E-state index is 12.2. The number of nitrogens with zero attached hydrogens (tertiary/aromatic N) is 4. The molecule has 2 aromatic rings. The van der Waals surface area contributed by atoms with Crippen LogP contribution >= 0.6 is 11.3 Å². The lowest BCUT2D eigenvalue weighted by Crippen LogP contribution is -2.30. The molecule has 124 valence electrons. The van der Waals surface area contributed by atoms with Gasteiger partial charge in [0.15, 0.2) is 5.82 Å². The third kappa shape index (κ3) is 3.53. The first-order valence-electron chi connectivity index (χ1n) is 7.65. The lowest BCUT2D eigenvalue weighted by atomic mass is 9.98. The maximum Gasteiger partial charge on any atom is 0.275 e. The standard InChI is InChI=1S/C15H21N5O2S/c1-15(22)4-3-6-20(7-5-15)14-11(8-17-19(14)2)18-13(21)12-9-23-10-16-12/h8-10,22H,3-7H2,1-2H3,(H,18,21). The maximum absolute atomic E-state index is 12.2. The van der Waals surface area contributed by atoms with Crippen LogP contribution in [0.1, 0.15) is 36.7 Å². The molecule has 23 heavy (non-hydrogen) atoms. The summed E-state index contributed by atoms with van der Waals surface area (Å²) >= 11 is 1.39. The van der Waals surface area contributed by atoms with Crippen LogP contribution < -0.4 is 10.2 Å². The number of rotatable bonds is 3. The molecule has 3 heterocycles. The van der Waals surface area contributed by atoms with Gasteiger partial charge in [0.25, 0.3) is 5.91 Å². The van der Waals surface area contributed by atoms with Crippen LogP contribution in [0.4, 0.5) is 11.5 Å². The molecule has 1 unspecified atom stereocenters. The summed E-state index contributed by atoms with van der Waals surface area (Å²) < 4.78 is 1.76. The fourth-order valence-corrected chi connectivity index (χ4v) is 3.41. The summed E-state index contributed by atoms with van der Waals surface area (Å²) in [5.41, 5.74) is 2.09. The molecule has 1 saturated heterocycles. The smallest absolute Gasteiger partial charge is 0.275 e. The van der Waals surface area contributed by atoms with Gasteiger partial charge in [0.1, 0.15) is 11.4 Å². The highest BCUT2D eigenvalue weighted by molar-refractivity contribution is 7.07. The first-order chi connectivity index (χ1) is 11.0. The first kappa shape index (κ1) is 15.9. The minimum absolute atomic E-state index is 0.234. The molecule has 0 radical (unpaired) electrons. The van der Waals surface area contributed by atoms with E-state index in [0.717, 1.165) is 31.7 Å². The van der Waals surface area contributed by atoms with Crippen molar-refractivity contribution in [2.24, 2.45) is 7.05 Å². The van der Waals surface area contributed by atoms with Gasteiger partial charge in [-0.05, 0) is 26.2 Å². The number of thiazole rings is 1. The Morgan fingerprint density at radius 1 is 1.43 bits per heavy atom. The number of carbonyl (C=O) groups is 1. The SMILES string of the molecule is Cn1ncc(NC(=O)c2cscn2)c1N1CCCC(C)(O)CC1. The normalized spacial score (nSPS) is 22.0. The summed E-state index contributed by atoms with van der Waals surface area (Å²) in [5.74, 6) is 0.633. The highest BCUT2D eigenvalue weighted by Gasteiger charge is 2.27.